The fourth-order valence-corrected chi connectivity index (χ4v) is 8.43. The molecule has 2 heteroatoms. The smallest absolute Gasteiger partial charge is 0.200 e. The summed E-state index contributed by atoms with van der Waals surface area (Å²) in [6.07, 6.45) is 5.54. The van der Waals surface area contributed by atoms with E-state index < -0.39 is 0 Å². The zero-order chi connectivity index (χ0) is 29.4. The van der Waals surface area contributed by atoms with Crippen LogP contribution in [0.15, 0.2) is 64.5 Å². The van der Waals surface area contributed by atoms with Gasteiger partial charge < -0.3 is 0 Å². The fraction of sp³-hybridized carbons (Fsp3) is 0.410. The van der Waals surface area contributed by atoms with Crippen LogP contribution in [-0.2, 0) is 26.3 Å². The van der Waals surface area contributed by atoms with Crippen molar-refractivity contribution >= 4 is 44.1 Å². The molecule has 2 heterocycles. The van der Waals surface area contributed by atoms with Gasteiger partial charge in [-0.2, -0.15) is 0 Å². The SMILES string of the molecule is Cc1c2c(c(CC(C)(C)C)c3ccc(CC(C)(C)C)cc13)Sc1cc3cccc(CC(C)C)c3c3cc[n+](C)c-2c13. The Morgan fingerprint density at radius 3 is 2.22 bits per heavy atom. The average molecular weight is 561 g/mol. The maximum atomic E-state index is 2.50. The molecule has 41 heavy (non-hydrogen) atoms. The Labute approximate surface area is 251 Å². The standard InChI is InChI=1S/C39H46NS/c1-23(2)18-26-12-11-13-27-20-32-35-29(34(26)27)16-17-40(10)36(35)33-24(3)30-19-25(21-38(4,5)6)14-15-28(30)31(37(33)41-32)22-39(7,8)9/h11-17,19-20,23H,18,21-22H2,1-10H3/q+1. The molecule has 212 valence electrons. The molecule has 0 spiro atoms. The first-order chi connectivity index (χ1) is 19.2. The van der Waals surface area contributed by atoms with Gasteiger partial charge in [-0.25, -0.2) is 4.57 Å². The van der Waals surface area contributed by atoms with Crippen molar-refractivity contribution in [3.8, 4) is 11.3 Å². The lowest BCUT2D eigenvalue weighted by atomic mass is 9.81. The molecule has 4 aromatic carbocycles. The quantitative estimate of drug-likeness (QED) is 0.153. The van der Waals surface area contributed by atoms with Gasteiger partial charge in [0.2, 0.25) is 5.69 Å². The van der Waals surface area contributed by atoms with Crippen LogP contribution in [0.4, 0.5) is 0 Å². The largest absolute Gasteiger partial charge is 0.222 e. The predicted molar refractivity (Wildman–Crippen MR) is 179 cm³/mol. The van der Waals surface area contributed by atoms with Gasteiger partial charge in [-0.15, -0.1) is 0 Å². The molecule has 0 saturated carbocycles. The van der Waals surface area contributed by atoms with Crippen molar-refractivity contribution in [2.75, 3.05) is 0 Å². The van der Waals surface area contributed by atoms with E-state index in [1.54, 1.807) is 0 Å². The van der Waals surface area contributed by atoms with E-state index in [0.717, 1.165) is 19.3 Å². The Balaban J connectivity index is 1.74. The van der Waals surface area contributed by atoms with Crippen LogP contribution in [0.1, 0.15) is 77.6 Å². The number of hydrogen-bond donors (Lipinski definition) is 0. The number of nitrogens with zero attached hydrogens (tertiary/aromatic N) is 1. The lowest BCUT2D eigenvalue weighted by Gasteiger charge is -2.28. The maximum Gasteiger partial charge on any atom is 0.222 e. The molecule has 1 aliphatic heterocycles. The first-order valence-corrected chi connectivity index (χ1v) is 16.2. The van der Waals surface area contributed by atoms with Crippen molar-refractivity contribution in [2.24, 2.45) is 23.8 Å². The second-order valence-corrected chi connectivity index (χ2v) is 16.4. The number of aryl methyl sites for hydroxylation is 2. The molecular formula is C39H46NS+. The minimum Gasteiger partial charge on any atom is -0.200 e. The van der Waals surface area contributed by atoms with Crippen molar-refractivity contribution in [1.82, 2.24) is 0 Å². The van der Waals surface area contributed by atoms with Crippen LogP contribution >= 0.6 is 11.8 Å². The van der Waals surface area contributed by atoms with Gasteiger partial charge in [-0.1, -0.05) is 104 Å². The Morgan fingerprint density at radius 2 is 1.54 bits per heavy atom. The van der Waals surface area contributed by atoms with E-state index >= 15 is 0 Å². The summed E-state index contributed by atoms with van der Waals surface area (Å²) in [5, 5.41) is 8.48. The minimum atomic E-state index is 0.185. The van der Waals surface area contributed by atoms with E-state index in [4.69, 9.17) is 0 Å². The summed E-state index contributed by atoms with van der Waals surface area (Å²) in [5.41, 5.74) is 9.09. The molecule has 0 unspecified atom stereocenters. The second kappa shape index (κ2) is 9.87. The highest BCUT2D eigenvalue weighted by atomic mass is 32.2. The molecule has 0 radical (unpaired) electrons. The summed E-state index contributed by atoms with van der Waals surface area (Å²) in [4.78, 5) is 2.85. The van der Waals surface area contributed by atoms with E-state index in [9.17, 15) is 0 Å². The zero-order valence-corrected chi connectivity index (χ0v) is 27.6. The van der Waals surface area contributed by atoms with Crippen LogP contribution < -0.4 is 4.57 Å². The highest BCUT2D eigenvalue weighted by Gasteiger charge is 2.33. The lowest BCUT2D eigenvalue weighted by molar-refractivity contribution is -0.659. The number of benzene rings is 4. The molecule has 0 fully saturated rings. The molecular weight excluding hydrogens is 515 g/mol. The monoisotopic (exact) mass is 560 g/mol. The molecule has 0 atom stereocenters. The first-order valence-electron chi connectivity index (χ1n) is 15.3. The normalized spacial score (nSPS) is 13.5. The molecule has 0 N–H and O–H groups in total. The summed E-state index contributed by atoms with van der Waals surface area (Å²) in [7, 11) is 2.24. The molecule has 1 nitrogen and oxygen atoms in total. The van der Waals surface area contributed by atoms with Crippen LogP contribution in [0.25, 0.3) is 43.6 Å². The minimum absolute atomic E-state index is 0.185. The highest BCUT2D eigenvalue weighted by Crippen LogP contribution is 2.54. The zero-order valence-electron chi connectivity index (χ0n) is 26.8. The number of aromatic nitrogens is 1. The highest BCUT2D eigenvalue weighted by molar-refractivity contribution is 8.00. The van der Waals surface area contributed by atoms with Crippen molar-refractivity contribution in [2.45, 2.75) is 91.4 Å². The van der Waals surface area contributed by atoms with Crippen molar-refractivity contribution in [3.63, 3.8) is 0 Å². The van der Waals surface area contributed by atoms with Crippen LogP contribution in [0.2, 0.25) is 0 Å². The van der Waals surface area contributed by atoms with Gasteiger partial charge in [0.25, 0.3) is 0 Å². The topological polar surface area (TPSA) is 3.88 Å². The van der Waals surface area contributed by atoms with Gasteiger partial charge in [0.05, 0.1) is 10.9 Å². The molecule has 0 aliphatic carbocycles. The number of pyridine rings is 1. The van der Waals surface area contributed by atoms with Gasteiger partial charge in [0, 0.05) is 21.2 Å². The molecule has 1 aliphatic rings. The van der Waals surface area contributed by atoms with Crippen LogP contribution in [0, 0.1) is 23.7 Å². The van der Waals surface area contributed by atoms with E-state index in [1.165, 1.54) is 75.6 Å². The Hall–Kier alpha value is -2.84. The number of fused-ring (bicyclic) bond motifs is 5. The number of rotatable bonds is 4. The van der Waals surface area contributed by atoms with Crippen LogP contribution in [0.5, 0.6) is 0 Å². The van der Waals surface area contributed by atoms with E-state index in [0.29, 0.717) is 5.92 Å². The molecule has 0 saturated heterocycles. The van der Waals surface area contributed by atoms with Crippen molar-refractivity contribution in [3.05, 3.63) is 77.0 Å². The molecule has 6 rings (SSSR count). The van der Waals surface area contributed by atoms with E-state index in [2.05, 4.69) is 129 Å². The Morgan fingerprint density at radius 1 is 0.805 bits per heavy atom. The molecule has 0 amide bonds. The Kier molecular flexibility index (Phi) is 6.81. The van der Waals surface area contributed by atoms with E-state index in [-0.39, 0.29) is 10.8 Å². The van der Waals surface area contributed by atoms with Crippen LogP contribution in [-0.4, -0.2) is 0 Å². The predicted octanol–water partition coefficient (Wildman–Crippen LogP) is 10.8. The Bertz CT molecular complexity index is 1840. The second-order valence-electron chi connectivity index (χ2n) is 15.3. The third-order valence-corrected chi connectivity index (χ3v) is 9.71. The maximum absolute atomic E-state index is 2.50. The lowest BCUT2D eigenvalue weighted by Crippen LogP contribution is -2.32. The van der Waals surface area contributed by atoms with Crippen molar-refractivity contribution < 1.29 is 4.57 Å². The molecule has 5 aromatic rings. The van der Waals surface area contributed by atoms with Gasteiger partial charge >= 0.3 is 0 Å². The third kappa shape index (κ3) is 5.07. The molecule has 1 aromatic heterocycles. The van der Waals surface area contributed by atoms with Gasteiger partial charge in [-0.05, 0) is 92.8 Å². The summed E-state index contributed by atoms with van der Waals surface area (Å²) in [6, 6.07) is 19.1. The molecule has 0 bridgehead atoms. The summed E-state index contributed by atoms with van der Waals surface area (Å²) >= 11 is 2.02. The van der Waals surface area contributed by atoms with Crippen molar-refractivity contribution in [1.29, 1.82) is 0 Å². The summed E-state index contributed by atoms with van der Waals surface area (Å²) < 4.78 is 2.39. The average Bonchev–Trinajstić information content (AvgIpc) is 2.86. The number of hydrogen-bond acceptors (Lipinski definition) is 1. The van der Waals surface area contributed by atoms with Gasteiger partial charge in [-0.3, -0.25) is 0 Å². The summed E-state index contributed by atoms with van der Waals surface area (Å²) in [6.45, 7) is 21.2. The van der Waals surface area contributed by atoms with Gasteiger partial charge in [0.15, 0.2) is 6.20 Å². The van der Waals surface area contributed by atoms with E-state index in [1.807, 2.05) is 11.8 Å². The summed E-state index contributed by atoms with van der Waals surface area (Å²) in [5.74, 6) is 0.619. The third-order valence-electron chi connectivity index (χ3n) is 8.52. The first kappa shape index (κ1) is 28.3. The fourth-order valence-electron chi connectivity index (χ4n) is 7.06. The van der Waals surface area contributed by atoms with Gasteiger partial charge in [0.1, 0.15) is 7.05 Å². The van der Waals surface area contributed by atoms with Crippen LogP contribution in [0.3, 0.4) is 0 Å².